The predicted molar refractivity (Wildman–Crippen MR) is 201 cm³/mol. The zero-order valence-electron chi connectivity index (χ0n) is 27.7. The molecule has 50 heavy (non-hydrogen) atoms. The maximum atomic E-state index is 12.6. The molecular weight excluding hydrogens is 663 g/mol. The Morgan fingerprint density at radius 2 is 1.48 bits per heavy atom. The minimum Gasteiger partial charge on any atom is -0.392 e. The Morgan fingerprint density at radius 1 is 0.780 bits per heavy atom. The number of hydrogen-bond donors (Lipinski definition) is 3. The predicted octanol–water partition coefficient (Wildman–Crippen LogP) is 9.04. The lowest BCUT2D eigenvalue weighted by molar-refractivity contribution is -0.268. The van der Waals surface area contributed by atoms with Gasteiger partial charge in [0.1, 0.15) is 0 Å². The zero-order valence-corrected chi connectivity index (χ0v) is 29.3. The molecule has 0 bridgehead atoms. The molecule has 6 aromatic rings. The summed E-state index contributed by atoms with van der Waals surface area (Å²) in [5.41, 5.74) is 8.04. The maximum Gasteiger partial charge on any atom is 0.315 e. The Labute approximate surface area is 300 Å². The number of para-hydroxylation sites is 1. The van der Waals surface area contributed by atoms with Crippen molar-refractivity contribution in [2.75, 3.05) is 5.75 Å². The van der Waals surface area contributed by atoms with E-state index >= 15 is 0 Å². The lowest BCUT2D eigenvalue weighted by Gasteiger charge is -2.41. The summed E-state index contributed by atoms with van der Waals surface area (Å²) in [5, 5.41) is 15.5. The Hall–Kier alpha value is -4.51. The number of amides is 2. The van der Waals surface area contributed by atoms with E-state index in [9.17, 15) is 9.90 Å². The molecule has 0 aliphatic carbocycles. The highest BCUT2D eigenvalue weighted by Gasteiger charge is 2.38. The summed E-state index contributed by atoms with van der Waals surface area (Å²) in [5.74, 6) is 0.820. The van der Waals surface area contributed by atoms with E-state index in [-0.39, 0.29) is 30.8 Å². The van der Waals surface area contributed by atoms with Gasteiger partial charge in [0.2, 0.25) is 0 Å². The number of carbonyl (C=O) groups is 1. The number of hydrogen-bond acceptors (Lipinski definition) is 7. The lowest BCUT2D eigenvalue weighted by atomic mass is 9.91. The highest BCUT2D eigenvalue weighted by molar-refractivity contribution is 8.01. The fraction of sp³-hybridized carbons (Fsp3) is 0.220. The number of aromatic nitrogens is 1. The molecular formula is C41H39N3O4S2. The minimum absolute atomic E-state index is 0.00151. The van der Waals surface area contributed by atoms with Crippen LogP contribution in [-0.2, 0) is 29.2 Å². The van der Waals surface area contributed by atoms with Gasteiger partial charge in [-0.1, -0.05) is 134 Å². The smallest absolute Gasteiger partial charge is 0.315 e. The second-order valence-electron chi connectivity index (χ2n) is 12.4. The number of nitrogens with one attached hydrogen (secondary N) is 2. The highest BCUT2D eigenvalue weighted by Crippen LogP contribution is 2.44. The van der Waals surface area contributed by atoms with E-state index in [4.69, 9.17) is 14.5 Å². The number of thiazole rings is 1. The molecule has 4 unspecified atom stereocenters. The van der Waals surface area contributed by atoms with E-state index < -0.39 is 6.29 Å². The van der Waals surface area contributed by atoms with Crippen LogP contribution in [0.3, 0.4) is 0 Å². The molecule has 3 N–H and O–H groups in total. The van der Waals surface area contributed by atoms with Gasteiger partial charge in [-0.25, -0.2) is 9.78 Å². The van der Waals surface area contributed by atoms with E-state index in [0.717, 1.165) is 54.6 Å². The van der Waals surface area contributed by atoms with Crippen molar-refractivity contribution in [1.82, 2.24) is 15.6 Å². The summed E-state index contributed by atoms with van der Waals surface area (Å²) in [6.45, 7) is 3.05. The van der Waals surface area contributed by atoms with E-state index in [1.807, 2.05) is 91.0 Å². The van der Waals surface area contributed by atoms with Gasteiger partial charge in [0.25, 0.3) is 0 Å². The van der Waals surface area contributed by atoms with Crippen molar-refractivity contribution in [3.63, 3.8) is 0 Å². The van der Waals surface area contributed by atoms with Gasteiger partial charge < -0.3 is 25.2 Å². The monoisotopic (exact) mass is 701 g/mol. The van der Waals surface area contributed by atoms with Gasteiger partial charge in [-0.15, -0.1) is 11.3 Å². The number of ether oxygens (including phenoxy) is 2. The Bertz CT molecular complexity index is 1990. The molecule has 0 saturated carbocycles. The van der Waals surface area contributed by atoms with E-state index in [0.29, 0.717) is 13.1 Å². The molecule has 1 saturated heterocycles. The van der Waals surface area contributed by atoms with Gasteiger partial charge in [0, 0.05) is 30.3 Å². The normalized spacial score (nSPS) is 18.9. The molecule has 5 aromatic carbocycles. The van der Waals surface area contributed by atoms with Crippen molar-refractivity contribution < 1.29 is 19.4 Å². The molecule has 1 aromatic heterocycles. The lowest BCUT2D eigenvalue weighted by Crippen LogP contribution is -2.38. The van der Waals surface area contributed by atoms with Crippen LogP contribution in [0.25, 0.3) is 21.3 Å². The first-order valence-electron chi connectivity index (χ1n) is 16.8. The van der Waals surface area contributed by atoms with Crippen molar-refractivity contribution in [3.05, 3.63) is 155 Å². The number of rotatable bonds is 11. The van der Waals surface area contributed by atoms with Crippen LogP contribution in [0, 0.1) is 5.92 Å². The molecule has 1 aliphatic heterocycles. The number of carbonyl (C=O) groups excluding carboxylic acids is 1. The van der Waals surface area contributed by atoms with Crippen LogP contribution in [0.2, 0.25) is 0 Å². The minimum atomic E-state index is -0.561. The van der Waals surface area contributed by atoms with Crippen LogP contribution < -0.4 is 10.6 Å². The van der Waals surface area contributed by atoms with Crippen LogP contribution in [0.4, 0.5) is 4.79 Å². The van der Waals surface area contributed by atoms with Crippen LogP contribution in [0.5, 0.6) is 0 Å². The fourth-order valence-electron chi connectivity index (χ4n) is 6.17. The molecule has 7 nitrogen and oxygen atoms in total. The number of aliphatic hydroxyl groups is 1. The average molecular weight is 702 g/mol. The molecule has 2 amide bonds. The molecule has 254 valence electrons. The molecule has 7 rings (SSSR count). The van der Waals surface area contributed by atoms with Gasteiger partial charge in [-0.3, -0.25) is 0 Å². The average Bonchev–Trinajstić information content (AvgIpc) is 3.60. The first-order valence-corrected chi connectivity index (χ1v) is 18.6. The van der Waals surface area contributed by atoms with Crippen molar-refractivity contribution in [1.29, 1.82) is 0 Å². The third-order valence-corrected chi connectivity index (χ3v) is 11.3. The standard InChI is InChI=1S/C41H39N3O4S2/c1-27-36(26-49-41-44-35-13-7-8-14-37(35)50-41)47-39(48-38(27)31-17-15-29(25-45)16-18-31)32-21-19-30(20-22-32)34-12-6-5-11-33(34)24-43-40(46)42-23-28-9-3-2-4-10-28/h2-22,27,36,38-39,45H,23-26H2,1H3,(H2,42,43,46). The van der Waals surface area contributed by atoms with Crippen LogP contribution >= 0.6 is 23.1 Å². The number of benzene rings is 5. The topological polar surface area (TPSA) is 92.7 Å². The Balaban J connectivity index is 1.06. The van der Waals surface area contributed by atoms with Crippen molar-refractivity contribution in [2.24, 2.45) is 5.92 Å². The zero-order chi connectivity index (χ0) is 34.3. The molecule has 1 aliphatic rings. The summed E-state index contributed by atoms with van der Waals surface area (Å²) in [4.78, 5) is 17.4. The second-order valence-corrected chi connectivity index (χ2v) is 14.7. The number of fused-ring (bicyclic) bond motifs is 1. The summed E-state index contributed by atoms with van der Waals surface area (Å²) >= 11 is 3.43. The molecule has 2 heterocycles. The first-order chi connectivity index (χ1) is 24.5. The fourth-order valence-corrected chi connectivity index (χ4v) is 8.43. The second kappa shape index (κ2) is 16.0. The van der Waals surface area contributed by atoms with Gasteiger partial charge in [0.05, 0.1) is 29.0 Å². The third-order valence-electron chi connectivity index (χ3n) is 9.02. The van der Waals surface area contributed by atoms with Gasteiger partial charge in [0.15, 0.2) is 10.6 Å². The molecule has 1 fully saturated rings. The molecule has 4 atom stereocenters. The SMILES string of the molecule is CC1C(CSc2nc3ccccc3s2)OC(c2ccc(-c3ccccc3CNC(=O)NCc3ccccc3)cc2)OC1c1ccc(CO)cc1. The van der Waals surface area contributed by atoms with Crippen molar-refractivity contribution in [3.8, 4) is 11.1 Å². The third kappa shape index (κ3) is 8.09. The Kier molecular flexibility index (Phi) is 10.9. The van der Waals surface area contributed by atoms with Gasteiger partial charge in [-0.2, -0.15) is 0 Å². The summed E-state index contributed by atoms with van der Waals surface area (Å²) < 4.78 is 15.6. The van der Waals surface area contributed by atoms with Gasteiger partial charge >= 0.3 is 6.03 Å². The van der Waals surface area contributed by atoms with Crippen LogP contribution in [-0.4, -0.2) is 28.0 Å². The van der Waals surface area contributed by atoms with E-state index in [1.165, 1.54) is 4.70 Å². The molecule has 0 radical (unpaired) electrons. The first kappa shape index (κ1) is 34.0. The molecule has 9 heteroatoms. The summed E-state index contributed by atoms with van der Waals surface area (Å²) in [6, 6.07) is 42.3. The molecule has 0 spiro atoms. The number of aliphatic hydroxyl groups excluding tert-OH is 1. The summed E-state index contributed by atoms with van der Waals surface area (Å²) in [6.07, 6.45) is -0.844. The van der Waals surface area contributed by atoms with Gasteiger partial charge in [-0.05, 0) is 45.5 Å². The maximum absolute atomic E-state index is 12.6. The largest absolute Gasteiger partial charge is 0.392 e. The summed E-state index contributed by atoms with van der Waals surface area (Å²) in [7, 11) is 0. The number of thioether (sulfide) groups is 1. The van der Waals surface area contributed by atoms with Crippen molar-refractivity contribution >= 4 is 39.3 Å². The number of nitrogens with zero attached hydrogens (tertiary/aromatic N) is 1. The quantitative estimate of drug-likeness (QED) is 0.117. The van der Waals surface area contributed by atoms with E-state index in [2.05, 4.69) is 54.0 Å². The highest BCUT2D eigenvalue weighted by atomic mass is 32.2. The number of urea groups is 1. The van der Waals surface area contributed by atoms with Crippen LogP contribution in [0.1, 0.15) is 47.1 Å². The van der Waals surface area contributed by atoms with Crippen LogP contribution in [0.15, 0.2) is 132 Å². The van der Waals surface area contributed by atoms with E-state index in [1.54, 1.807) is 23.1 Å². The Morgan fingerprint density at radius 3 is 2.26 bits per heavy atom. The van der Waals surface area contributed by atoms with Crippen molar-refractivity contribution in [2.45, 2.75) is 49.5 Å².